The molecule has 0 amide bonds. The van der Waals surface area contributed by atoms with Gasteiger partial charge in [-0.15, -0.1) is 0 Å². The molecule has 0 aliphatic heterocycles. The molecule has 0 fully saturated rings. The highest BCUT2D eigenvalue weighted by Crippen LogP contribution is 2.13. The summed E-state index contributed by atoms with van der Waals surface area (Å²) in [6.45, 7) is 4.66. The van der Waals surface area contributed by atoms with E-state index in [1.165, 1.54) is 83.5 Å². The van der Waals surface area contributed by atoms with Gasteiger partial charge in [-0.05, 0) is 44.9 Å². The minimum atomic E-state index is -0.877. The highest BCUT2D eigenvalue weighted by Gasteiger charge is 2.31. The average Bonchev–Trinajstić information content (AvgIpc) is 3.05. The lowest BCUT2D eigenvalue weighted by Gasteiger charge is -2.31. The normalized spacial score (nSPS) is 13.2. The van der Waals surface area contributed by atoms with Gasteiger partial charge in [0.05, 0.1) is 34.4 Å². The maximum atomic E-state index is 12.6. The molecule has 49 heavy (non-hydrogen) atoms. The van der Waals surface area contributed by atoms with E-state index in [-0.39, 0.29) is 36.2 Å². The third-order valence-corrected chi connectivity index (χ3v) is 8.85. The molecule has 2 atom stereocenters. The van der Waals surface area contributed by atoms with E-state index in [0.717, 1.165) is 51.4 Å². The lowest BCUT2D eigenvalue weighted by atomic mass is 10.1. The molecule has 8 heteroatoms. The molecular weight excluding hydrogens is 618 g/mol. The zero-order chi connectivity index (χ0) is 36.4. The molecule has 8 nitrogen and oxygen atoms in total. The first-order valence-corrected chi connectivity index (χ1v) is 19.9. The van der Waals surface area contributed by atoms with Crippen LogP contribution in [0.5, 0.6) is 0 Å². The maximum Gasteiger partial charge on any atom is 0.362 e. The number of aliphatic carboxylic acids is 1. The summed E-state index contributed by atoms with van der Waals surface area (Å²) in [6.07, 6.45) is 33.7. The van der Waals surface area contributed by atoms with E-state index >= 15 is 0 Å². The van der Waals surface area contributed by atoms with Crippen molar-refractivity contribution in [2.75, 3.05) is 41.0 Å². The first-order chi connectivity index (χ1) is 23.6. The van der Waals surface area contributed by atoms with Crippen LogP contribution in [0.4, 0.5) is 0 Å². The Bertz CT molecular complexity index is 864. The van der Waals surface area contributed by atoms with Crippen molar-refractivity contribution in [3.63, 3.8) is 0 Å². The lowest BCUT2D eigenvalue weighted by molar-refractivity contribution is -0.887. The predicted octanol–water partition coefficient (Wildman–Crippen LogP) is 10.1. The zero-order valence-electron chi connectivity index (χ0n) is 32.4. The number of esters is 2. The molecule has 0 saturated carbocycles. The summed E-state index contributed by atoms with van der Waals surface area (Å²) < 4.78 is 17.1. The number of carboxylic acid groups (broad SMARTS) is 1. The molecule has 0 aromatic carbocycles. The summed E-state index contributed by atoms with van der Waals surface area (Å²) in [5.74, 6) is -1.48. The van der Waals surface area contributed by atoms with E-state index in [4.69, 9.17) is 14.2 Å². The van der Waals surface area contributed by atoms with Crippen molar-refractivity contribution in [3.05, 3.63) is 24.3 Å². The fraction of sp³-hybridized carbons (Fsp3) is 0.829. The third-order valence-electron chi connectivity index (χ3n) is 8.85. The molecule has 0 bridgehead atoms. The van der Waals surface area contributed by atoms with E-state index in [1.54, 1.807) is 0 Å². The van der Waals surface area contributed by atoms with Crippen LogP contribution in [-0.2, 0) is 28.6 Å². The minimum Gasteiger partial charge on any atom is -0.477 e. The van der Waals surface area contributed by atoms with Gasteiger partial charge >= 0.3 is 17.9 Å². The van der Waals surface area contributed by atoms with Gasteiger partial charge in [0, 0.05) is 19.3 Å². The summed E-state index contributed by atoms with van der Waals surface area (Å²) in [5.41, 5.74) is 0. The molecule has 0 spiro atoms. The molecule has 0 aliphatic rings. The molecular formula is C41H76NO7+. The highest BCUT2D eigenvalue weighted by molar-refractivity contribution is 5.72. The van der Waals surface area contributed by atoms with Crippen molar-refractivity contribution in [1.29, 1.82) is 0 Å². The van der Waals surface area contributed by atoms with Crippen LogP contribution >= 0.6 is 0 Å². The van der Waals surface area contributed by atoms with E-state index in [2.05, 4.69) is 38.2 Å². The molecule has 0 rings (SSSR count). The van der Waals surface area contributed by atoms with Gasteiger partial charge < -0.3 is 23.8 Å². The molecule has 286 valence electrons. The summed E-state index contributed by atoms with van der Waals surface area (Å²) >= 11 is 0. The second kappa shape index (κ2) is 33.0. The average molecular weight is 695 g/mol. The number of likely N-dealkylation sites (N-methyl/N-ethyl adjacent to an activating group) is 1. The number of carbonyl (C=O) groups is 3. The number of nitrogens with zero attached hydrogens (tertiary/aromatic N) is 1. The number of hydrogen-bond donors (Lipinski definition) is 1. The molecule has 0 radical (unpaired) electrons. The molecule has 0 aromatic rings. The van der Waals surface area contributed by atoms with Crippen LogP contribution in [0.3, 0.4) is 0 Å². The van der Waals surface area contributed by atoms with Crippen LogP contribution in [0, 0.1) is 0 Å². The van der Waals surface area contributed by atoms with E-state index in [1.807, 2.05) is 21.1 Å². The van der Waals surface area contributed by atoms with Gasteiger partial charge in [0.1, 0.15) is 6.61 Å². The van der Waals surface area contributed by atoms with Crippen LogP contribution in [0.2, 0.25) is 0 Å². The summed E-state index contributed by atoms with van der Waals surface area (Å²) in [6, 6.07) is -0.611. The molecule has 0 heterocycles. The predicted molar refractivity (Wildman–Crippen MR) is 202 cm³/mol. The molecule has 0 aromatic heterocycles. The van der Waals surface area contributed by atoms with Gasteiger partial charge in [-0.25, -0.2) is 4.79 Å². The molecule has 0 saturated heterocycles. The van der Waals surface area contributed by atoms with Gasteiger partial charge in [-0.3, -0.25) is 9.59 Å². The number of ether oxygens (including phenoxy) is 3. The molecule has 2 unspecified atom stereocenters. The Kier molecular flexibility index (Phi) is 31.5. The van der Waals surface area contributed by atoms with E-state index < -0.39 is 18.1 Å². The van der Waals surface area contributed by atoms with Crippen molar-refractivity contribution in [2.24, 2.45) is 0 Å². The Labute approximate surface area is 301 Å². The Morgan fingerprint density at radius 2 is 1.08 bits per heavy atom. The summed E-state index contributed by atoms with van der Waals surface area (Å²) in [4.78, 5) is 36.7. The number of carboxylic acids is 1. The fourth-order valence-electron chi connectivity index (χ4n) is 5.71. The highest BCUT2D eigenvalue weighted by atomic mass is 16.6. The van der Waals surface area contributed by atoms with Gasteiger partial charge in [0.15, 0.2) is 12.1 Å². The number of allylic oxidation sites excluding steroid dienone is 4. The van der Waals surface area contributed by atoms with Crippen molar-refractivity contribution < 1.29 is 38.2 Å². The Morgan fingerprint density at radius 1 is 0.612 bits per heavy atom. The molecule has 1 N–H and O–H groups in total. The maximum absolute atomic E-state index is 12.6. The minimum absolute atomic E-state index is 0.0518. The third kappa shape index (κ3) is 31.5. The Morgan fingerprint density at radius 3 is 1.59 bits per heavy atom. The summed E-state index contributed by atoms with van der Waals surface area (Å²) in [5, 5.41) is 9.57. The van der Waals surface area contributed by atoms with Crippen molar-refractivity contribution >= 4 is 17.9 Å². The van der Waals surface area contributed by atoms with E-state index in [0.29, 0.717) is 19.3 Å². The number of rotatable bonds is 35. The zero-order valence-corrected chi connectivity index (χ0v) is 32.4. The number of hydrogen-bond acceptors (Lipinski definition) is 6. The van der Waals surface area contributed by atoms with Crippen LogP contribution in [0.25, 0.3) is 0 Å². The van der Waals surface area contributed by atoms with Crippen molar-refractivity contribution in [1.82, 2.24) is 0 Å². The standard InChI is InChI=1S/C41H75NO7/c1-6-8-10-12-14-15-16-17-18-19-20-21-22-23-24-26-28-30-32-40(44)49-37(35-47-34-33-38(41(45)46)42(3,4)5)36-48-39(43)31-29-27-25-13-11-9-7-2/h15-16,18-19,37-38H,6-14,17,20-36H2,1-5H3/p+1/b16-15-,19-18-. The first kappa shape index (κ1) is 46.8. The largest absolute Gasteiger partial charge is 0.477 e. The Hall–Kier alpha value is -2.19. The summed E-state index contributed by atoms with van der Waals surface area (Å²) in [7, 11) is 5.51. The van der Waals surface area contributed by atoms with E-state index in [9.17, 15) is 19.5 Å². The van der Waals surface area contributed by atoms with Gasteiger partial charge in [0.2, 0.25) is 0 Å². The Balaban J connectivity index is 4.31. The van der Waals surface area contributed by atoms with Crippen molar-refractivity contribution in [3.8, 4) is 0 Å². The first-order valence-electron chi connectivity index (χ1n) is 19.9. The molecule has 0 aliphatic carbocycles. The number of quaternary nitrogens is 1. The second-order valence-electron chi connectivity index (χ2n) is 14.5. The second-order valence-corrected chi connectivity index (χ2v) is 14.5. The number of unbranched alkanes of at least 4 members (excludes halogenated alkanes) is 17. The lowest BCUT2D eigenvalue weighted by Crippen LogP contribution is -2.50. The van der Waals surface area contributed by atoms with Crippen LogP contribution in [0.1, 0.15) is 168 Å². The monoisotopic (exact) mass is 695 g/mol. The quantitative estimate of drug-likeness (QED) is 0.0305. The van der Waals surface area contributed by atoms with Gasteiger partial charge in [0.25, 0.3) is 0 Å². The van der Waals surface area contributed by atoms with Crippen LogP contribution in [-0.4, -0.2) is 80.6 Å². The van der Waals surface area contributed by atoms with Crippen LogP contribution in [0.15, 0.2) is 24.3 Å². The number of carbonyl (C=O) groups excluding carboxylic acids is 2. The van der Waals surface area contributed by atoms with Crippen molar-refractivity contribution in [2.45, 2.75) is 180 Å². The SMILES string of the molecule is CCCCCC/C=C\C/C=C\CCCCCCCCCC(=O)OC(COCCC(C(=O)O)[N+](C)(C)C)COC(=O)CCCCCCCCC. The topological polar surface area (TPSA) is 99.1 Å². The van der Waals surface area contributed by atoms with Crippen LogP contribution < -0.4 is 0 Å². The van der Waals surface area contributed by atoms with Gasteiger partial charge in [-0.2, -0.15) is 0 Å². The fourth-order valence-corrected chi connectivity index (χ4v) is 5.71. The smallest absolute Gasteiger partial charge is 0.362 e. The van der Waals surface area contributed by atoms with Gasteiger partial charge in [-0.1, -0.05) is 128 Å².